The first-order valence-corrected chi connectivity index (χ1v) is 5.26. The van der Waals surface area contributed by atoms with E-state index in [9.17, 15) is 9.18 Å². The standard InChI is InChI=1S/C12H11FN2O2/c13-11-2-1-3-12(10(11)8-16)15-4-5-17-9(6-14)7-15/h1-3,8-9H,4-5,7H2. The monoisotopic (exact) mass is 234 g/mol. The molecule has 0 N–H and O–H groups in total. The fourth-order valence-electron chi connectivity index (χ4n) is 1.86. The predicted octanol–water partition coefficient (Wildman–Crippen LogP) is 1.37. The van der Waals surface area contributed by atoms with Crippen LogP contribution in [0.2, 0.25) is 0 Å². The molecule has 0 aliphatic carbocycles. The summed E-state index contributed by atoms with van der Waals surface area (Å²) in [5.41, 5.74) is 0.551. The number of nitrogens with zero attached hydrogens (tertiary/aromatic N) is 2. The number of halogens is 1. The Kier molecular flexibility index (Phi) is 3.35. The second-order valence-corrected chi connectivity index (χ2v) is 3.73. The van der Waals surface area contributed by atoms with Crippen molar-refractivity contribution < 1.29 is 13.9 Å². The van der Waals surface area contributed by atoms with E-state index in [1.165, 1.54) is 6.07 Å². The first kappa shape index (κ1) is 11.6. The molecule has 0 spiro atoms. The largest absolute Gasteiger partial charge is 0.365 e. The van der Waals surface area contributed by atoms with Gasteiger partial charge in [-0.3, -0.25) is 4.79 Å². The molecule has 1 aliphatic rings. The molecular weight excluding hydrogens is 223 g/mol. The van der Waals surface area contributed by atoms with Crippen LogP contribution < -0.4 is 4.90 Å². The van der Waals surface area contributed by atoms with Gasteiger partial charge >= 0.3 is 0 Å². The van der Waals surface area contributed by atoms with Crippen LogP contribution in [0.25, 0.3) is 0 Å². The van der Waals surface area contributed by atoms with E-state index in [0.717, 1.165) is 0 Å². The molecule has 4 nitrogen and oxygen atoms in total. The lowest BCUT2D eigenvalue weighted by Gasteiger charge is -2.32. The summed E-state index contributed by atoms with van der Waals surface area (Å²) in [5, 5.41) is 8.79. The van der Waals surface area contributed by atoms with Crippen LogP contribution in [0.3, 0.4) is 0 Å². The lowest BCUT2D eigenvalue weighted by Crippen LogP contribution is -2.42. The molecule has 0 saturated carbocycles. The van der Waals surface area contributed by atoms with E-state index < -0.39 is 11.9 Å². The number of aldehydes is 1. The zero-order valence-electron chi connectivity index (χ0n) is 9.10. The van der Waals surface area contributed by atoms with Crippen LogP contribution in [0.4, 0.5) is 10.1 Å². The molecule has 1 atom stereocenters. The Bertz CT molecular complexity index is 470. The third-order valence-corrected chi connectivity index (χ3v) is 2.70. The SMILES string of the molecule is N#CC1CN(c2cccc(F)c2C=O)CCO1. The quantitative estimate of drug-likeness (QED) is 0.725. The average molecular weight is 234 g/mol. The van der Waals surface area contributed by atoms with E-state index in [1.54, 1.807) is 17.0 Å². The molecule has 2 rings (SSSR count). The number of benzene rings is 1. The van der Waals surface area contributed by atoms with Gasteiger partial charge in [0, 0.05) is 6.54 Å². The van der Waals surface area contributed by atoms with Crippen molar-refractivity contribution >= 4 is 12.0 Å². The summed E-state index contributed by atoms with van der Waals surface area (Å²) in [6, 6.07) is 6.48. The first-order chi connectivity index (χ1) is 8.26. The minimum Gasteiger partial charge on any atom is -0.365 e. The molecule has 1 fully saturated rings. The molecule has 0 radical (unpaired) electrons. The third-order valence-electron chi connectivity index (χ3n) is 2.70. The molecule has 1 heterocycles. The van der Waals surface area contributed by atoms with Crippen molar-refractivity contribution in [3.8, 4) is 6.07 Å². The van der Waals surface area contributed by atoms with E-state index in [1.807, 2.05) is 6.07 Å². The van der Waals surface area contributed by atoms with Gasteiger partial charge in [-0.25, -0.2) is 4.39 Å². The Hall–Kier alpha value is -1.93. The molecule has 1 unspecified atom stereocenters. The first-order valence-electron chi connectivity index (χ1n) is 5.26. The van der Waals surface area contributed by atoms with Crippen LogP contribution in [0.1, 0.15) is 10.4 Å². The molecule has 0 bridgehead atoms. The van der Waals surface area contributed by atoms with Crippen LogP contribution in [-0.2, 0) is 4.74 Å². The minimum absolute atomic E-state index is 0.0334. The van der Waals surface area contributed by atoms with Crippen LogP contribution >= 0.6 is 0 Å². The van der Waals surface area contributed by atoms with Crippen molar-refractivity contribution in [2.45, 2.75) is 6.10 Å². The number of hydrogen-bond donors (Lipinski definition) is 0. The fourth-order valence-corrected chi connectivity index (χ4v) is 1.86. The van der Waals surface area contributed by atoms with Gasteiger partial charge in [0.2, 0.25) is 0 Å². The third kappa shape index (κ3) is 2.27. The van der Waals surface area contributed by atoms with E-state index in [4.69, 9.17) is 10.00 Å². The van der Waals surface area contributed by atoms with Gasteiger partial charge in [-0.05, 0) is 12.1 Å². The van der Waals surface area contributed by atoms with Crippen molar-refractivity contribution in [1.82, 2.24) is 0 Å². The van der Waals surface area contributed by atoms with E-state index >= 15 is 0 Å². The molecule has 1 aromatic rings. The van der Waals surface area contributed by atoms with Crippen LogP contribution in [0.5, 0.6) is 0 Å². The van der Waals surface area contributed by atoms with Gasteiger partial charge < -0.3 is 9.64 Å². The number of nitriles is 1. The lowest BCUT2D eigenvalue weighted by atomic mass is 10.1. The Balaban J connectivity index is 2.31. The number of ether oxygens (including phenoxy) is 1. The summed E-state index contributed by atoms with van der Waals surface area (Å²) in [6.07, 6.45) is -0.0341. The predicted molar refractivity (Wildman–Crippen MR) is 59.4 cm³/mol. The van der Waals surface area contributed by atoms with Crippen LogP contribution in [0.15, 0.2) is 18.2 Å². The number of carbonyl (C=O) groups excluding carboxylic acids is 1. The Morgan fingerprint density at radius 1 is 1.59 bits per heavy atom. The number of rotatable bonds is 2. The van der Waals surface area contributed by atoms with Gasteiger partial charge in [-0.15, -0.1) is 0 Å². The molecular formula is C12H11FN2O2. The fraction of sp³-hybridized carbons (Fsp3) is 0.333. The molecule has 1 saturated heterocycles. The zero-order valence-corrected chi connectivity index (χ0v) is 9.10. The number of carbonyl (C=O) groups is 1. The topological polar surface area (TPSA) is 53.3 Å². The normalized spacial score (nSPS) is 19.8. The summed E-state index contributed by atoms with van der Waals surface area (Å²) in [7, 11) is 0. The van der Waals surface area contributed by atoms with Gasteiger partial charge in [0.05, 0.1) is 30.5 Å². The van der Waals surface area contributed by atoms with E-state index in [0.29, 0.717) is 31.7 Å². The lowest BCUT2D eigenvalue weighted by molar-refractivity contribution is 0.0763. The maximum absolute atomic E-state index is 13.4. The van der Waals surface area contributed by atoms with Crippen LogP contribution in [0, 0.1) is 17.1 Å². The van der Waals surface area contributed by atoms with Crippen molar-refractivity contribution in [2.75, 3.05) is 24.6 Å². The molecule has 0 amide bonds. The maximum atomic E-state index is 13.4. The van der Waals surface area contributed by atoms with Gasteiger partial charge in [-0.1, -0.05) is 6.07 Å². The highest BCUT2D eigenvalue weighted by Gasteiger charge is 2.22. The molecule has 0 aromatic heterocycles. The van der Waals surface area contributed by atoms with Gasteiger partial charge in [0.25, 0.3) is 0 Å². The maximum Gasteiger partial charge on any atom is 0.161 e. The Morgan fingerprint density at radius 2 is 2.41 bits per heavy atom. The van der Waals surface area contributed by atoms with E-state index in [2.05, 4.69) is 0 Å². The second kappa shape index (κ2) is 4.93. The van der Waals surface area contributed by atoms with Crippen molar-refractivity contribution in [2.24, 2.45) is 0 Å². The van der Waals surface area contributed by atoms with E-state index in [-0.39, 0.29) is 5.56 Å². The number of hydrogen-bond acceptors (Lipinski definition) is 4. The molecule has 5 heteroatoms. The Labute approximate surface area is 98.2 Å². The van der Waals surface area contributed by atoms with Crippen molar-refractivity contribution in [1.29, 1.82) is 5.26 Å². The van der Waals surface area contributed by atoms with Crippen LogP contribution in [-0.4, -0.2) is 32.1 Å². The average Bonchev–Trinajstić information content (AvgIpc) is 2.38. The highest BCUT2D eigenvalue weighted by Crippen LogP contribution is 2.23. The van der Waals surface area contributed by atoms with Gasteiger partial charge in [-0.2, -0.15) is 5.26 Å². The molecule has 1 aliphatic heterocycles. The molecule has 1 aromatic carbocycles. The summed E-state index contributed by atoms with van der Waals surface area (Å²) in [4.78, 5) is 12.7. The summed E-state index contributed by atoms with van der Waals surface area (Å²) >= 11 is 0. The summed E-state index contributed by atoms with van der Waals surface area (Å²) < 4.78 is 18.6. The number of anilines is 1. The highest BCUT2D eigenvalue weighted by molar-refractivity contribution is 5.85. The van der Waals surface area contributed by atoms with Gasteiger partial charge in [0.1, 0.15) is 5.82 Å². The van der Waals surface area contributed by atoms with Crippen molar-refractivity contribution in [3.05, 3.63) is 29.6 Å². The summed E-state index contributed by atoms with van der Waals surface area (Å²) in [5.74, 6) is -0.544. The molecule has 88 valence electrons. The second-order valence-electron chi connectivity index (χ2n) is 3.73. The minimum atomic E-state index is -0.544. The summed E-state index contributed by atoms with van der Waals surface area (Å²) in [6.45, 7) is 1.29. The van der Waals surface area contributed by atoms with Gasteiger partial charge in [0.15, 0.2) is 12.4 Å². The highest BCUT2D eigenvalue weighted by atomic mass is 19.1. The van der Waals surface area contributed by atoms with Crippen molar-refractivity contribution in [3.63, 3.8) is 0 Å². The zero-order chi connectivity index (χ0) is 12.3. The Morgan fingerprint density at radius 3 is 3.12 bits per heavy atom. The smallest absolute Gasteiger partial charge is 0.161 e. The molecule has 17 heavy (non-hydrogen) atoms. The number of morpholine rings is 1.